The molecule has 1 aromatic carbocycles. The van der Waals surface area contributed by atoms with Crippen molar-refractivity contribution in [3.05, 3.63) is 65.5 Å². The Kier molecular flexibility index (Phi) is 5.49. The Morgan fingerprint density at radius 2 is 1.96 bits per heavy atom. The molecule has 0 saturated heterocycles. The molecule has 1 N–H and O–H groups in total. The Hall–Kier alpha value is -3.15. The van der Waals surface area contributed by atoms with E-state index in [1.54, 1.807) is 18.0 Å². The maximum absolute atomic E-state index is 12.7. The molecular formula is C22H26N4O2. The van der Waals surface area contributed by atoms with Crippen molar-refractivity contribution in [3.63, 3.8) is 0 Å². The third-order valence-corrected chi connectivity index (χ3v) is 4.45. The first-order valence-corrected chi connectivity index (χ1v) is 9.23. The highest BCUT2D eigenvalue weighted by Gasteiger charge is 2.22. The van der Waals surface area contributed by atoms with Crippen molar-refractivity contribution in [1.82, 2.24) is 14.8 Å². The summed E-state index contributed by atoms with van der Waals surface area (Å²) in [6.45, 7) is 8.23. The van der Waals surface area contributed by atoms with E-state index in [0.717, 1.165) is 22.6 Å². The first-order valence-electron chi connectivity index (χ1n) is 9.23. The van der Waals surface area contributed by atoms with Crippen molar-refractivity contribution in [1.29, 1.82) is 0 Å². The Labute approximate surface area is 165 Å². The zero-order valence-electron chi connectivity index (χ0n) is 17.0. The number of methoxy groups -OCH3 is 1. The fourth-order valence-electron chi connectivity index (χ4n) is 2.84. The molecule has 3 aromatic rings. The van der Waals surface area contributed by atoms with Crippen LogP contribution in [0.15, 0.2) is 48.7 Å². The molecule has 0 unspecified atom stereocenters. The Balaban J connectivity index is 1.86. The number of benzene rings is 1. The van der Waals surface area contributed by atoms with E-state index in [-0.39, 0.29) is 17.7 Å². The molecule has 146 valence electrons. The number of hydrogen-bond acceptors (Lipinski definition) is 4. The van der Waals surface area contributed by atoms with Gasteiger partial charge in [-0.3, -0.25) is 4.79 Å². The van der Waals surface area contributed by atoms with Crippen LogP contribution in [0.2, 0.25) is 0 Å². The standard InChI is InChI=1S/C22H26N4O2/c1-15-9-10-16(12-17(15)28-5)13-21(27)24-20-14-18(22(2,3)4)25-26(20)19-8-6-7-11-23-19/h6-12,14H,13H2,1-5H3,(H,24,27). The van der Waals surface area contributed by atoms with Gasteiger partial charge < -0.3 is 10.1 Å². The van der Waals surface area contributed by atoms with E-state index in [2.05, 4.69) is 36.2 Å². The molecule has 6 nitrogen and oxygen atoms in total. The number of amides is 1. The first-order chi connectivity index (χ1) is 13.3. The molecular weight excluding hydrogens is 352 g/mol. The van der Waals surface area contributed by atoms with Crippen LogP contribution in [0.5, 0.6) is 5.75 Å². The van der Waals surface area contributed by atoms with Crippen LogP contribution in [-0.4, -0.2) is 27.8 Å². The topological polar surface area (TPSA) is 69.0 Å². The number of pyridine rings is 1. The van der Waals surface area contributed by atoms with Crippen molar-refractivity contribution in [3.8, 4) is 11.6 Å². The van der Waals surface area contributed by atoms with Gasteiger partial charge in [-0.05, 0) is 36.2 Å². The second-order valence-corrected chi connectivity index (χ2v) is 7.79. The van der Waals surface area contributed by atoms with Gasteiger partial charge in [0, 0.05) is 17.7 Å². The number of nitrogens with one attached hydrogen (secondary N) is 1. The first kappa shape index (κ1) is 19.6. The second-order valence-electron chi connectivity index (χ2n) is 7.79. The molecule has 0 saturated carbocycles. The normalized spacial score (nSPS) is 11.3. The molecule has 0 spiro atoms. The lowest BCUT2D eigenvalue weighted by Gasteiger charge is -2.13. The van der Waals surface area contributed by atoms with E-state index in [9.17, 15) is 4.79 Å². The Morgan fingerprint density at radius 1 is 1.18 bits per heavy atom. The maximum atomic E-state index is 12.7. The molecule has 0 aliphatic rings. The molecule has 2 heterocycles. The van der Waals surface area contributed by atoms with Crippen LogP contribution in [0.1, 0.15) is 37.6 Å². The van der Waals surface area contributed by atoms with Crippen LogP contribution in [0.4, 0.5) is 5.82 Å². The minimum atomic E-state index is -0.149. The van der Waals surface area contributed by atoms with Gasteiger partial charge in [0.25, 0.3) is 0 Å². The van der Waals surface area contributed by atoms with Crippen LogP contribution < -0.4 is 10.1 Å². The molecule has 0 bridgehead atoms. The monoisotopic (exact) mass is 378 g/mol. The van der Waals surface area contributed by atoms with Gasteiger partial charge in [-0.1, -0.05) is 39.0 Å². The molecule has 0 aliphatic carbocycles. The average Bonchev–Trinajstić information content (AvgIpc) is 3.08. The van der Waals surface area contributed by atoms with E-state index in [0.29, 0.717) is 11.6 Å². The summed E-state index contributed by atoms with van der Waals surface area (Å²) in [4.78, 5) is 17.1. The van der Waals surface area contributed by atoms with Crippen molar-refractivity contribution in [2.75, 3.05) is 12.4 Å². The van der Waals surface area contributed by atoms with Gasteiger partial charge in [-0.25, -0.2) is 4.98 Å². The summed E-state index contributed by atoms with van der Waals surface area (Å²) >= 11 is 0. The molecule has 0 radical (unpaired) electrons. The maximum Gasteiger partial charge on any atom is 0.229 e. The minimum Gasteiger partial charge on any atom is -0.496 e. The van der Waals surface area contributed by atoms with E-state index in [4.69, 9.17) is 4.74 Å². The lowest BCUT2D eigenvalue weighted by molar-refractivity contribution is -0.115. The van der Waals surface area contributed by atoms with Crippen molar-refractivity contribution in [2.24, 2.45) is 0 Å². The van der Waals surface area contributed by atoms with Gasteiger partial charge >= 0.3 is 0 Å². The highest BCUT2D eigenvalue weighted by atomic mass is 16.5. The van der Waals surface area contributed by atoms with Crippen LogP contribution in [-0.2, 0) is 16.6 Å². The van der Waals surface area contributed by atoms with Gasteiger partial charge in [-0.2, -0.15) is 9.78 Å². The number of ether oxygens (including phenoxy) is 1. The number of aryl methyl sites for hydroxylation is 1. The fourth-order valence-corrected chi connectivity index (χ4v) is 2.84. The predicted molar refractivity (Wildman–Crippen MR) is 110 cm³/mol. The number of nitrogens with zero attached hydrogens (tertiary/aromatic N) is 3. The summed E-state index contributed by atoms with van der Waals surface area (Å²) in [7, 11) is 1.63. The summed E-state index contributed by atoms with van der Waals surface area (Å²) in [5, 5.41) is 7.65. The number of hydrogen-bond donors (Lipinski definition) is 1. The van der Waals surface area contributed by atoms with Crippen molar-refractivity contribution >= 4 is 11.7 Å². The lowest BCUT2D eigenvalue weighted by Crippen LogP contribution is -2.17. The third kappa shape index (κ3) is 4.39. The molecule has 6 heteroatoms. The summed E-state index contributed by atoms with van der Waals surface area (Å²) < 4.78 is 7.02. The van der Waals surface area contributed by atoms with Gasteiger partial charge in [0.2, 0.25) is 5.91 Å². The van der Waals surface area contributed by atoms with Crippen molar-refractivity contribution < 1.29 is 9.53 Å². The molecule has 2 aromatic heterocycles. The lowest BCUT2D eigenvalue weighted by atomic mass is 9.92. The van der Waals surface area contributed by atoms with Gasteiger partial charge in [-0.15, -0.1) is 0 Å². The van der Waals surface area contributed by atoms with Crippen LogP contribution in [0.25, 0.3) is 5.82 Å². The summed E-state index contributed by atoms with van der Waals surface area (Å²) in [5.41, 5.74) is 2.66. The van der Waals surface area contributed by atoms with Gasteiger partial charge in [0.15, 0.2) is 5.82 Å². The highest BCUT2D eigenvalue weighted by molar-refractivity contribution is 5.91. The van der Waals surface area contributed by atoms with E-state index in [1.165, 1.54) is 0 Å². The smallest absolute Gasteiger partial charge is 0.229 e. The van der Waals surface area contributed by atoms with Crippen LogP contribution in [0, 0.1) is 6.92 Å². The number of carbonyl (C=O) groups is 1. The number of carbonyl (C=O) groups excluding carboxylic acids is 1. The second kappa shape index (κ2) is 7.84. The largest absolute Gasteiger partial charge is 0.496 e. The SMILES string of the molecule is COc1cc(CC(=O)Nc2cc(C(C)(C)C)nn2-c2ccccn2)ccc1C. The predicted octanol–water partition coefficient (Wildman–Crippen LogP) is 4.06. The summed E-state index contributed by atoms with van der Waals surface area (Å²) in [5.74, 6) is 1.92. The third-order valence-electron chi connectivity index (χ3n) is 4.45. The van der Waals surface area contributed by atoms with E-state index >= 15 is 0 Å². The number of aromatic nitrogens is 3. The minimum absolute atomic E-state index is 0.122. The van der Waals surface area contributed by atoms with Crippen molar-refractivity contribution in [2.45, 2.75) is 39.5 Å². The molecule has 3 rings (SSSR count). The Bertz CT molecular complexity index is 972. The highest BCUT2D eigenvalue weighted by Crippen LogP contribution is 2.26. The van der Waals surface area contributed by atoms with Crippen LogP contribution >= 0.6 is 0 Å². The fraction of sp³-hybridized carbons (Fsp3) is 0.318. The number of anilines is 1. The number of rotatable bonds is 5. The molecule has 0 aliphatic heterocycles. The van der Waals surface area contributed by atoms with E-state index < -0.39 is 0 Å². The Morgan fingerprint density at radius 3 is 2.61 bits per heavy atom. The van der Waals surface area contributed by atoms with E-state index in [1.807, 2.05) is 49.4 Å². The summed E-state index contributed by atoms with van der Waals surface area (Å²) in [6.07, 6.45) is 1.95. The average molecular weight is 378 g/mol. The molecule has 0 atom stereocenters. The van der Waals surface area contributed by atoms with Gasteiger partial charge in [0.1, 0.15) is 11.6 Å². The molecule has 0 fully saturated rings. The zero-order valence-corrected chi connectivity index (χ0v) is 17.0. The van der Waals surface area contributed by atoms with Crippen LogP contribution in [0.3, 0.4) is 0 Å². The molecule has 28 heavy (non-hydrogen) atoms. The quantitative estimate of drug-likeness (QED) is 0.727. The molecule has 1 amide bonds. The summed E-state index contributed by atoms with van der Waals surface area (Å²) in [6, 6.07) is 13.3. The zero-order chi connectivity index (χ0) is 20.3. The van der Waals surface area contributed by atoms with Gasteiger partial charge in [0.05, 0.1) is 19.2 Å².